The minimum absolute atomic E-state index is 0. The van der Waals surface area contributed by atoms with Crippen molar-refractivity contribution in [2.75, 3.05) is 10.7 Å². The van der Waals surface area contributed by atoms with Crippen molar-refractivity contribution in [1.82, 2.24) is 0 Å². The number of aldehydes is 1. The molecule has 0 bridgehead atoms. The van der Waals surface area contributed by atoms with Gasteiger partial charge in [-0.25, -0.2) is 0 Å². The molecule has 0 saturated carbocycles. The Kier molecular flexibility index (Phi) is 14.6. The molecule has 6 heteroatoms. The monoisotopic (exact) mass is 578 g/mol. The number of ketones is 1. The van der Waals surface area contributed by atoms with Crippen molar-refractivity contribution in [1.29, 1.82) is 0 Å². The maximum absolute atomic E-state index is 11.7. The van der Waals surface area contributed by atoms with Gasteiger partial charge >= 0.3 is 58.2 Å². The number of carbonyl (C=O) groups is 2. The predicted molar refractivity (Wildman–Crippen MR) is 121 cm³/mol. The minimum Gasteiger partial charge on any atom is -0.813 e. The Labute approximate surface area is 233 Å². The number of carbonyl (C=O) groups excluding carboxylic acids is 2. The molecule has 3 aromatic rings. The van der Waals surface area contributed by atoms with Crippen molar-refractivity contribution in [3.63, 3.8) is 0 Å². The first-order valence-electron chi connectivity index (χ1n) is 7.87. The van der Waals surface area contributed by atoms with E-state index in [2.05, 4.69) is 37.9 Å². The van der Waals surface area contributed by atoms with Crippen LogP contribution in [0.4, 0.5) is 0 Å². The Morgan fingerprint density at radius 2 is 1.41 bits per heavy atom. The average molecular weight is 581 g/mol. The molecule has 136 valence electrons. The van der Waals surface area contributed by atoms with Crippen LogP contribution in [0.15, 0.2) is 60.7 Å². The van der Waals surface area contributed by atoms with Crippen molar-refractivity contribution < 1.29 is 67.8 Å². The van der Waals surface area contributed by atoms with Crippen molar-refractivity contribution in [3.05, 3.63) is 71.8 Å². The molecular formula is C21H19Br2O2RbS. The smallest absolute Gasteiger partial charge is 0.813 e. The Balaban J connectivity index is 0.00000127. The molecule has 3 aromatic carbocycles. The van der Waals surface area contributed by atoms with E-state index in [1.54, 1.807) is 0 Å². The summed E-state index contributed by atoms with van der Waals surface area (Å²) in [5, 5.41) is 3.52. The summed E-state index contributed by atoms with van der Waals surface area (Å²) in [4.78, 5) is 22.4. The van der Waals surface area contributed by atoms with Gasteiger partial charge in [-0.1, -0.05) is 87.3 Å². The first-order valence-corrected chi connectivity index (χ1v) is 10.1. The van der Waals surface area contributed by atoms with Crippen LogP contribution in [0.25, 0.3) is 21.9 Å². The summed E-state index contributed by atoms with van der Waals surface area (Å²) in [5.41, 5.74) is 3.53. The molecule has 0 aliphatic carbocycles. The molecule has 0 radical (unpaired) electrons. The number of hydrogen-bond acceptors (Lipinski definition) is 3. The second-order valence-corrected chi connectivity index (χ2v) is 7.02. The van der Waals surface area contributed by atoms with Gasteiger partial charge in [0.25, 0.3) is 0 Å². The quantitative estimate of drug-likeness (QED) is 0.157. The van der Waals surface area contributed by atoms with Crippen LogP contribution in [0.1, 0.15) is 27.6 Å². The minimum atomic E-state index is 0. The van der Waals surface area contributed by atoms with Gasteiger partial charge in [0.15, 0.2) is 5.78 Å². The zero-order valence-corrected chi connectivity index (χ0v) is 24.3. The second-order valence-electron chi connectivity index (χ2n) is 5.34. The third-order valence-corrected chi connectivity index (χ3v) is 4.17. The fraction of sp³-hybridized carbons (Fsp3) is 0.143. The van der Waals surface area contributed by atoms with Crippen LogP contribution in [-0.4, -0.2) is 22.7 Å². The molecular weight excluding hydrogens is 562 g/mol. The molecule has 0 saturated heterocycles. The summed E-state index contributed by atoms with van der Waals surface area (Å²) in [6, 6.07) is 19.4. The van der Waals surface area contributed by atoms with Crippen LogP contribution < -0.4 is 58.2 Å². The van der Waals surface area contributed by atoms with Crippen molar-refractivity contribution in [2.24, 2.45) is 0 Å². The molecule has 0 unspecified atom stereocenters. The SMILES string of the molecule is CCBr.O=Cc1ccc(-c2ccc3cc(C(=O)CBr)ccc3c2)cc1.[Rb+].[SH-]. The van der Waals surface area contributed by atoms with Crippen molar-refractivity contribution in [3.8, 4) is 11.1 Å². The number of hydrogen-bond donors (Lipinski definition) is 0. The molecule has 0 atom stereocenters. The topological polar surface area (TPSA) is 34.1 Å². The molecule has 27 heavy (non-hydrogen) atoms. The van der Waals surface area contributed by atoms with Crippen LogP contribution in [-0.2, 0) is 13.5 Å². The van der Waals surface area contributed by atoms with Gasteiger partial charge in [0.1, 0.15) is 6.29 Å². The Morgan fingerprint density at radius 3 is 1.96 bits per heavy atom. The molecule has 0 aromatic heterocycles. The molecule has 0 spiro atoms. The van der Waals surface area contributed by atoms with Crippen LogP contribution in [0.5, 0.6) is 0 Å². The van der Waals surface area contributed by atoms with Gasteiger partial charge in [0, 0.05) is 16.5 Å². The second kappa shape index (κ2) is 14.4. The summed E-state index contributed by atoms with van der Waals surface area (Å²) in [6.07, 6.45) is 0.840. The Hall–Kier alpha value is 0.375. The van der Waals surface area contributed by atoms with E-state index in [1.807, 2.05) is 61.5 Å². The molecule has 0 fully saturated rings. The maximum atomic E-state index is 11.7. The number of fused-ring (bicyclic) bond motifs is 1. The van der Waals surface area contributed by atoms with E-state index in [0.29, 0.717) is 16.5 Å². The molecule has 2 nitrogen and oxygen atoms in total. The van der Waals surface area contributed by atoms with E-state index in [-0.39, 0.29) is 77.5 Å². The van der Waals surface area contributed by atoms with E-state index in [9.17, 15) is 9.59 Å². The third-order valence-electron chi connectivity index (χ3n) is 3.66. The fourth-order valence-electron chi connectivity index (χ4n) is 2.43. The van der Waals surface area contributed by atoms with Crippen molar-refractivity contribution in [2.45, 2.75) is 6.92 Å². The maximum Gasteiger partial charge on any atom is 1.00 e. The first-order chi connectivity index (χ1) is 12.1. The van der Waals surface area contributed by atoms with Crippen LogP contribution in [0.3, 0.4) is 0 Å². The van der Waals surface area contributed by atoms with Crippen LogP contribution in [0, 0.1) is 0 Å². The summed E-state index contributed by atoms with van der Waals surface area (Å²) >= 11 is 6.34. The summed E-state index contributed by atoms with van der Waals surface area (Å²) < 4.78 is 0. The van der Waals surface area contributed by atoms with Gasteiger partial charge in [0.2, 0.25) is 0 Å². The summed E-state index contributed by atoms with van der Waals surface area (Å²) in [5.74, 6) is 0.0791. The normalized spacial score (nSPS) is 9.30. The number of Topliss-reactive ketones (excluding diaryl/α,β-unsaturated/α-hetero) is 1. The van der Waals surface area contributed by atoms with E-state index in [0.717, 1.165) is 33.5 Å². The summed E-state index contributed by atoms with van der Waals surface area (Å²) in [7, 11) is 0. The van der Waals surface area contributed by atoms with Crippen LogP contribution in [0.2, 0.25) is 0 Å². The number of benzene rings is 3. The van der Waals surface area contributed by atoms with Gasteiger partial charge in [-0.2, -0.15) is 0 Å². The number of halogens is 2. The van der Waals surface area contributed by atoms with Crippen molar-refractivity contribution >= 4 is 68.2 Å². The van der Waals surface area contributed by atoms with Gasteiger partial charge in [0.05, 0.1) is 5.33 Å². The number of rotatable bonds is 4. The van der Waals surface area contributed by atoms with Gasteiger partial charge in [-0.3, -0.25) is 9.59 Å². The Bertz CT molecular complexity index is 883. The van der Waals surface area contributed by atoms with Gasteiger partial charge in [-0.15, -0.1) is 0 Å². The van der Waals surface area contributed by atoms with Gasteiger partial charge in [-0.05, 0) is 34.0 Å². The zero-order valence-electron chi connectivity index (χ0n) is 15.3. The molecule has 0 amide bonds. The average Bonchev–Trinajstić information content (AvgIpc) is 2.67. The molecule has 3 rings (SSSR count). The largest absolute Gasteiger partial charge is 1.00 e. The van der Waals surface area contributed by atoms with E-state index in [1.165, 1.54) is 0 Å². The Morgan fingerprint density at radius 1 is 0.889 bits per heavy atom. The van der Waals surface area contributed by atoms with Crippen LogP contribution >= 0.6 is 31.9 Å². The van der Waals surface area contributed by atoms with E-state index >= 15 is 0 Å². The zero-order chi connectivity index (χ0) is 18.2. The predicted octanol–water partition coefficient (Wildman–Crippen LogP) is 3.03. The van der Waals surface area contributed by atoms with E-state index < -0.39 is 0 Å². The first kappa shape index (κ1) is 27.4. The number of thiol groups is 1. The molecule has 0 heterocycles. The molecule has 0 N–H and O–H groups in total. The van der Waals surface area contributed by atoms with E-state index in [4.69, 9.17) is 0 Å². The summed E-state index contributed by atoms with van der Waals surface area (Å²) in [6.45, 7) is 2.04. The van der Waals surface area contributed by atoms with Gasteiger partial charge < -0.3 is 13.5 Å². The number of alkyl halides is 2. The molecule has 0 aliphatic rings. The standard InChI is InChI=1S/C19H13BrO2.C2H5Br.Rb.H2S/c20-11-19(22)18-8-7-16-9-15(5-6-17(16)10-18)14-3-1-13(12-21)2-4-14;1-2-3;;/h1-10,12H,11H2;2H2,1H3;;1H2/q;;+1;/p-1. The molecule has 0 aliphatic heterocycles. The third kappa shape index (κ3) is 7.96. The fourth-order valence-corrected chi connectivity index (χ4v) is 2.75.